The molecule has 48 valence electrons. The van der Waals surface area contributed by atoms with Gasteiger partial charge in [0.25, 0.3) is 14.8 Å². The molecular weight excluding hydrogens is 200 g/mol. The van der Waals surface area contributed by atoms with Gasteiger partial charge >= 0.3 is 0 Å². The highest BCUT2D eigenvalue weighted by Crippen LogP contribution is 2.30. The van der Waals surface area contributed by atoms with Gasteiger partial charge in [-0.1, -0.05) is 0 Å². The quantitative estimate of drug-likeness (QED) is 0.510. The number of Topliss-reactive ketones (excluding diaryl/α,β-unsaturated/α-hetero) is 1. The van der Waals surface area contributed by atoms with Crippen LogP contribution in [-0.4, -0.2) is 5.78 Å². The van der Waals surface area contributed by atoms with Gasteiger partial charge in [-0.25, -0.2) is 0 Å². The van der Waals surface area contributed by atoms with Crippen molar-refractivity contribution in [2.75, 3.05) is 0 Å². The molecule has 0 bridgehead atoms. The van der Waals surface area contributed by atoms with Crippen LogP contribution in [0.2, 0.25) is 0 Å². The molecule has 1 nitrogen and oxygen atoms in total. The second kappa shape index (κ2) is 2.62. The van der Waals surface area contributed by atoms with Gasteiger partial charge in [-0.3, -0.25) is 4.79 Å². The molecule has 1 unspecified atom stereocenters. The molecule has 0 aliphatic heterocycles. The molecule has 1 rings (SSSR count). The molecule has 1 aromatic rings. The predicted molar refractivity (Wildman–Crippen MR) is 43.3 cm³/mol. The summed E-state index contributed by atoms with van der Waals surface area (Å²) in [5.74, 6) is 0.153. The first-order valence-corrected chi connectivity index (χ1v) is 5.63. The Kier molecular flexibility index (Phi) is 2.03. The molecule has 0 saturated carbocycles. The van der Waals surface area contributed by atoms with Crippen molar-refractivity contribution >= 4 is 29.5 Å². The Labute approximate surface area is 63.9 Å². The third-order valence-electron chi connectivity index (χ3n) is 1.00. The van der Waals surface area contributed by atoms with Gasteiger partial charge in [-0.15, -0.1) is 0 Å². The zero-order valence-electron chi connectivity index (χ0n) is 4.93. The van der Waals surface area contributed by atoms with Crippen LogP contribution in [-0.2, 0) is 0 Å². The van der Waals surface area contributed by atoms with Crippen molar-refractivity contribution in [3.63, 3.8) is 0 Å². The van der Waals surface area contributed by atoms with Crippen molar-refractivity contribution < 1.29 is 4.79 Å². The highest BCUT2D eigenvalue weighted by atomic mass is 79.9. The van der Waals surface area contributed by atoms with E-state index < -0.39 is 0 Å². The normalized spacial score (nSPS) is 11.6. The summed E-state index contributed by atoms with van der Waals surface area (Å²) in [6.45, 7) is 1.58. The van der Waals surface area contributed by atoms with Crippen molar-refractivity contribution in [2.24, 2.45) is 0 Å². The van der Waals surface area contributed by atoms with Gasteiger partial charge in [-0.05, 0) is 6.07 Å². The minimum absolute atomic E-state index is 0.0972. The number of hydrogen-bond donors (Lipinski definition) is 0. The second-order valence-corrected chi connectivity index (χ2v) is 5.07. The summed E-state index contributed by atoms with van der Waals surface area (Å²) in [4.78, 5) is 11.6. The molecule has 1 atom stereocenters. The zero-order chi connectivity index (χ0) is 6.85. The summed E-state index contributed by atoms with van der Waals surface area (Å²) in [5, 5.41) is 1.97. The van der Waals surface area contributed by atoms with E-state index in [4.69, 9.17) is 0 Å². The molecule has 0 amide bonds. The fraction of sp³-hybridized carbons (Fsp3) is 0.167. The van der Waals surface area contributed by atoms with E-state index in [2.05, 4.69) is 14.8 Å². The molecule has 0 aromatic carbocycles. The third-order valence-corrected chi connectivity index (χ3v) is 3.94. The van der Waals surface area contributed by atoms with Crippen LogP contribution in [0.5, 0.6) is 0 Å². The van der Waals surface area contributed by atoms with Gasteiger partial charge in [0.05, 0.1) is 8.90 Å². The van der Waals surface area contributed by atoms with E-state index in [-0.39, 0.29) is 14.7 Å². The summed E-state index contributed by atoms with van der Waals surface area (Å²) in [6.07, 6.45) is 0. The molecule has 0 N–H and O–H groups in total. The highest BCUT2D eigenvalue weighted by Gasteiger charge is 2.13. The molecule has 0 aliphatic rings. The van der Waals surface area contributed by atoms with Crippen LogP contribution in [0.25, 0.3) is 0 Å². The van der Waals surface area contributed by atoms with Crippen LogP contribution in [0, 0.1) is 0 Å². The van der Waals surface area contributed by atoms with Gasteiger partial charge in [0.15, 0.2) is 5.38 Å². The Balaban J connectivity index is 3.08. The smallest absolute Gasteiger partial charge is 0.268 e. The zero-order valence-corrected chi connectivity index (χ0v) is 7.33. The first kappa shape index (κ1) is 6.96. The molecule has 3 heteroatoms. The van der Waals surface area contributed by atoms with Gasteiger partial charge < -0.3 is 0 Å². The van der Waals surface area contributed by atoms with E-state index in [0.29, 0.717) is 0 Å². The van der Waals surface area contributed by atoms with Gasteiger partial charge in [0.2, 0.25) is 10.7 Å². The first-order valence-electron chi connectivity index (χ1n) is 2.50. The third kappa shape index (κ3) is 1.40. The van der Waals surface area contributed by atoms with E-state index in [0.717, 1.165) is 4.88 Å². The van der Waals surface area contributed by atoms with E-state index in [1.165, 1.54) is 0 Å². The Morgan fingerprint density at radius 1 is 1.78 bits per heavy atom. The number of hydrogen-bond acceptors (Lipinski definition) is 1. The second-order valence-electron chi connectivity index (χ2n) is 1.70. The lowest BCUT2D eigenvalue weighted by Crippen LogP contribution is -1.84. The standard InChI is InChI=1S/C6H6BrOS/c1-5(8)6-3-2-4-9(6)7/h2-4H,1H3/q+1. The number of rotatable bonds is 1. The van der Waals surface area contributed by atoms with Crippen molar-refractivity contribution in [1.29, 1.82) is 0 Å². The van der Waals surface area contributed by atoms with E-state index in [1.807, 2.05) is 17.5 Å². The molecule has 1 aromatic heterocycles. The summed E-state index contributed by atoms with van der Waals surface area (Å²) in [7, 11) is -0.0972. The maximum atomic E-state index is 10.7. The first-order chi connectivity index (χ1) is 4.22. The number of carbonyl (C=O) groups excluding carboxylic acids is 1. The summed E-state index contributed by atoms with van der Waals surface area (Å²) in [5.41, 5.74) is 0. The fourth-order valence-electron chi connectivity index (χ4n) is 0.589. The van der Waals surface area contributed by atoms with Crippen molar-refractivity contribution in [2.45, 2.75) is 6.92 Å². The maximum absolute atomic E-state index is 10.7. The Morgan fingerprint density at radius 3 is 2.67 bits per heavy atom. The lowest BCUT2D eigenvalue weighted by molar-refractivity contribution is 0.102. The van der Waals surface area contributed by atoms with Crippen LogP contribution in [0.15, 0.2) is 17.5 Å². The largest absolute Gasteiger partial charge is 0.289 e. The minimum Gasteiger partial charge on any atom is -0.289 e. The van der Waals surface area contributed by atoms with Crippen LogP contribution < -0.4 is 0 Å². The summed E-state index contributed by atoms with van der Waals surface area (Å²) in [6, 6.07) is 3.74. The Morgan fingerprint density at radius 2 is 2.44 bits per heavy atom. The Bertz CT molecular complexity index is 229. The highest BCUT2D eigenvalue weighted by molar-refractivity contribution is 9.34. The van der Waals surface area contributed by atoms with E-state index >= 15 is 0 Å². The molecule has 0 radical (unpaired) electrons. The molecular formula is C6H6BrOS+. The summed E-state index contributed by atoms with van der Waals surface area (Å²) < 4.78 is 0. The van der Waals surface area contributed by atoms with Crippen LogP contribution in [0.4, 0.5) is 0 Å². The number of carbonyl (C=O) groups is 1. The number of thiophene rings is 1. The van der Waals surface area contributed by atoms with Crippen LogP contribution in [0.1, 0.15) is 16.6 Å². The predicted octanol–water partition coefficient (Wildman–Crippen LogP) is 2.80. The molecule has 9 heavy (non-hydrogen) atoms. The van der Waals surface area contributed by atoms with E-state index in [9.17, 15) is 4.79 Å². The van der Waals surface area contributed by atoms with Crippen molar-refractivity contribution in [3.8, 4) is 0 Å². The summed E-state index contributed by atoms with van der Waals surface area (Å²) >= 11 is 3.36. The lowest BCUT2D eigenvalue weighted by Gasteiger charge is -1.76. The molecule has 0 fully saturated rings. The minimum atomic E-state index is -0.0972. The molecule has 0 spiro atoms. The van der Waals surface area contributed by atoms with Crippen molar-refractivity contribution in [3.05, 3.63) is 22.4 Å². The average Bonchev–Trinajstić information content (AvgIpc) is 2.13. The maximum Gasteiger partial charge on any atom is 0.268 e. The Hall–Kier alpha value is -0.150. The number of halogens is 1. The van der Waals surface area contributed by atoms with Crippen LogP contribution >= 0.6 is 23.7 Å². The van der Waals surface area contributed by atoms with Crippen molar-refractivity contribution in [1.82, 2.24) is 0 Å². The van der Waals surface area contributed by atoms with E-state index in [1.54, 1.807) is 6.92 Å². The van der Waals surface area contributed by atoms with Crippen LogP contribution in [0.3, 0.4) is 0 Å². The molecule has 0 aliphatic carbocycles. The lowest BCUT2D eigenvalue weighted by atomic mass is 10.4. The van der Waals surface area contributed by atoms with Gasteiger partial charge in [-0.2, -0.15) is 0 Å². The van der Waals surface area contributed by atoms with Gasteiger partial charge in [0.1, 0.15) is 0 Å². The molecule has 0 saturated heterocycles. The number of ketones is 1. The van der Waals surface area contributed by atoms with Gasteiger partial charge in [0, 0.05) is 13.0 Å². The SMILES string of the molecule is CC(=O)c1ccc[s+]1Br. The average molecular weight is 206 g/mol. The molecule has 1 heterocycles. The fourth-order valence-corrected chi connectivity index (χ4v) is 2.82. The topological polar surface area (TPSA) is 17.1 Å². The monoisotopic (exact) mass is 205 g/mol.